The largest absolute Gasteiger partial charge is 0.679 e. The summed E-state index contributed by atoms with van der Waals surface area (Å²) in [7, 11) is -2.36. The summed E-state index contributed by atoms with van der Waals surface area (Å²) < 4.78 is 21.7. The Morgan fingerprint density at radius 3 is 1.00 bits per heavy atom. The predicted octanol–water partition coefficient (Wildman–Crippen LogP) is 2.60. The first-order chi connectivity index (χ1) is 8.66. The van der Waals surface area contributed by atoms with Crippen LogP contribution in [0.3, 0.4) is 0 Å². The van der Waals surface area contributed by atoms with Crippen LogP contribution in [0.4, 0.5) is 0 Å². The standard InChI is InChI=1S/C8H20O4Si.C4H12Si/c1-5-9-13(10-6-2,11-7-3)12-8-4;1-3-5-4-2/h5-8H2,1-4H3;3-5H2,1-2H3. The van der Waals surface area contributed by atoms with E-state index in [-0.39, 0.29) is 0 Å². The van der Waals surface area contributed by atoms with Crippen LogP contribution in [-0.4, -0.2) is 45.0 Å². The van der Waals surface area contributed by atoms with Crippen molar-refractivity contribution in [3.05, 3.63) is 0 Å². The van der Waals surface area contributed by atoms with Crippen molar-refractivity contribution in [3.8, 4) is 0 Å². The lowest BCUT2D eigenvalue weighted by atomic mass is 10.9. The molecule has 0 rings (SSSR count). The molecule has 0 aromatic rings. The molecule has 0 aliphatic carbocycles. The quantitative estimate of drug-likeness (QED) is 0.581. The van der Waals surface area contributed by atoms with Gasteiger partial charge in [-0.2, -0.15) is 0 Å². The van der Waals surface area contributed by atoms with Crippen molar-refractivity contribution in [2.45, 2.75) is 53.6 Å². The average Bonchev–Trinajstić information content (AvgIpc) is 2.32. The zero-order chi connectivity index (χ0) is 14.3. The fourth-order valence-corrected chi connectivity index (χ4v) is 3.93. The van der Waals surface area contributed by atoms with Gasteiger partial charge in [-0.3, -0.25) is 0 Å². The molecule has 0 saturated carbocycles. The van der Waals surface area contributed by atoms with E-state index in [1.54, 1.807) is 0 Å². The van der Waals surface area contributed by atoms with Gasteiger partial charge in [0.1, 0.15) is 0 Å². The van der Waals surface area contributed by atoms with Gasteiger partial charge in [0.05, 0.1) is 0 Å². The SMILES string of the molecule is CCO[Si](OCC)(OCC)OCC.CC[SiH2]CC. The van der Waals surface area contributed by atoms with E-state index >= 15 is 0 Å². The first-order valence-electron chi connectivity index (χ1n) is 7.21. The molecule has 0 N–H and O–H groups in total. The molecular formula is C12H32O4Si2. The summed E-state index contributed by atoms with van der Waals surface area (Å²) in [4.78, 5) is 0. The highest BCUT2D eigenvalue weighted by atomic mass is 28.4. The summed E-state index contributed by atoms with van der Waals surface area (Å²) >= 11 is 0. The molecule has 0 bridgehead atoms. The summed E-state index contributed by atoms with van der Waals surface area (Å²) in [5.74, 6) is 0. The topological polar surface area (TPSA) is 36.9 Å². The molecule has 0 heterocycles. The molecule has 0 fully saturated rings. The maximum atomic E-state index is 5.42. The van der Waals surface area contributed by atoms with E-state index in [1.165, 1.54) is 12.1 Å². The molecular weight excluding hydrogens is 264 g/mol. The summed E-state index contributed by atoms with van der Waals surface area (Å²) in [5.41, 5.74) is 0. The minimum absolute atomic E-state index is 0.432. The Labute approximate surface area is 117 Å². The summed E-state index contributed by atoms with van der Waals surface area (Å²) in [6, 6.07) is 2.97. The number of hydrogen-bond acceptors (Lipinski definition) is 4. The van der Waals surface area contributed by atoms with Crippen molar-refractivity contribution in [1.29, 1.82) is 0 Å². The van der Waals surface area contributed by atoms with Gasteiger partial charge in [-0.25, -0.2) is 0 Å². The lowest BCUT2D eigenvalue weighted by molar-refractivity contribution is -0.0247. The van der Waals surface area contributed by atoms with Crippen LogP contribution < -0.4 is 0 Å². The van der Waals surface area contributed by atoms with Crippen molar-refractivity contribution in [2.24, 2.45) is 0 Å². The summed E-state index contributed by atoms with van der Waals surface area (Å²) in [6.45, 7) is 14.3. The van der Waals surface area contributed by atoms with Gasteiger partial charge in [-0.15, -0.1) is 0 Å². The Bertz CT molecular complexity index is 128. The second-order valence-corrected chi connectivity index (χ2v) is 8.45. The Kier molecular flexibility index (Phi) is 17.5. The Hall–Kier alpha value is 0.274. The van der Waals surface area contributed by atoms with Gasteiger partial charge in [0, 0.05) is 35.9 Å². The molecule has 0 aromatic carbocycles. The molecule has 6 heteroatoms. The molecule has 0 aromatic heterocycles. The van der Waals surface area contributed by atoms with Crippen LogP contribution in [0.5, 0.6) is 0 Å². The highest BCUT2D eigenvalue weighted by Gasteiger charge is 2.44. The normalized spacial score (nSPS) is 11.0. The molecule has 0 unspecified atom stereocenters. The maximum absolute atomic E-state index is 5.42. The first-order valence-corrected chi connectivity index (χ1v) is 10.8. The monoisotopic (exact) mass is 296 g/mol. The van der Waals surface area contributed by atoms with E-state index in [2.05, 4.69) is 13.8 Å². The molecule has 112 valence electrons. The van der Waals surface area contributed by atoms with Crippen LogP contribution in [-0.2, 0) is 17.7 Å². The number of hydrogen-bond donors (Lipinski definition) is 0. The molecule has 0 aliphatic rings. The third kappa shape index (κ3) is 11.4. The second kappa shape index (κ2) is 15.3. The van der Waals surface area contributed by atoms with Gasteiger partial charge in [-0.05, 0) is 27.7 Å². The molecule has 0 atom stereocenters. The van der Waals surface area contributed by atoms with Crippen LogP contribution in [0.1, 0.15) is 41.5 Å². The average molecular weight is 297 g/mol. The van der Waals surface area contributed by atoms with Crippen molar-refractivity contribution in [2.75, 3.05) is 26.4 Å². The van der Waals surface area contributed by atoms with E-state index in [4.69, 9.17) is 17.7 Å². The van der Waals surface area contributed by atoms with Gasteiger partial charge in [0.25, 0.3) is 0 Å². The zero-order valence-electron chi connectivity index (χ0n) is 13.1. The van der Waals surface area contributed by atoms with E-state index < -0.39 is 9.05 Å². The molecule has 0 spiro atoms. The highest BCUT2D eigenvalue weighted by molar-refractivity contribution is 6.53. The molecule has 0 amide bonds. The fourth-order valence-electron chi connectivity index (χ4n) is 1.31. The van der Waals surface area contributed by atoms with Gasteiger partial charge in [-0.1, -0.05) is 25.9 Å². The second-order valence-electron chi connectivity index (χ2n) is 3.59. The smallest absolute Gasteiger partial charge is 0.351 e. The van der Waals surface area contributed by atoms with Crippen LogP contribution in [0.2, 0.25) is 12.1 Å². The van der Waals surface area contributed by atoms with E-state index in [0.717, 1.165) is 0 Å². The van der Waals surface area contributed by atoms with Gasteiger partial charge in [0.2, 0.25) is 0 Å². The molecule has 0 aliphatic heterocycles. The Morgan fingerprint density at radius 1 is 0.611 bits per heavy atom. The minimum atomic E-state index is -2.80. The predicted molar refractivity (Wildman–Crippen MR) is 81.8 cm³/mol. The van der Waals surface area contributed by atoms with Crippen LogP contribution in [0.15, 0.2) is 0 Å². The van der Waals surface area contributed by atoms with Gasteiger partial charge >= 0.3 is 9.05 Å². The van der Waals surface area contributed by atoms with Crippen LogP contribution in [0.25, 0.3) is 0 Å². The first kappa shape index (κ1) is 20.6. The van der Waals surface area contributed by atoms with E-state index in [0.29, 0.717) is 35.9 Å². The maximum Gasteiger partial charge on any atom is 0.679 e. The van der Waals surface area contributed by atoms with Crippen LogP contribution in [0, 0.1) is 0 Å². The summed E-state index contributed by atoms with van der Waals surface area (Å²) in [6.07, 6.45) is 0. The van der Waals surface area contributed by atoms with E-state index in [1.807, 2.05) is 27.7 Å². The summed E-state index contributed by atoms with van der Waals surface area (Å²) in [5, 5.41) is 0. The van der Waals surface area contributed by atoms with Crippen molar-refractivity contribution < 1.29 is 17.7 Å². The minimum Gasteiger partial charge on any atom is -0.351 e. The Morgan fingerprint density at radius 2 is 0.889 bits per heavy atom. The fraction of sp³-hybridized carbons (Fsp3) is 1.00. The Balaban J connectivity index is 0. The highest BCUT2D eigenvalue weighted by Crippen LogP contribution is 2.11. The van der Waals surface area contributed by atoms with Gasteiger partial charge < -0.3 is 17.7 Å². The van der Waals surface area contributed by atoms with Crippen LogP contribution >= 0.6 is 0 Å². The molecule has 4 nitrogen and oxygen atoms in total. The molecule has 18 heavy (non-hydrogen) atoms. The third-order valence-corrected chi connectivity index (χ3v) is 5.97. The van der Waals surface area contributed by atoms with Crippen molar-refractivity contribution in [1.82, 2.24) is 0 Å². The molecule has 0 saturated heterocycles. The lowest BCUT2D eigenvalue weighted by Crippen LogP contribution is -2.49. The van der Waals surface area contributed by atoms with Crippen molar-refractivity contribution in [3.63, 3.8) is 0 Å². The van der Waals surface area contributed by atoms with Crippen molar-refractivity contribution >= 4 is 18.6 Å². The van der Waals surface area contributed by atoms with Gasteiger partial charge in [0.15, 0.2) is 0 Å². The number of rotatable bonds is 10. The zero-order valence-corrected chi connectivity index (χ0v) is 15.5. The van der Waals surface area contributed by atoms with E-state index in [9.17, 15) is 0 Å². The third-order valence-electron chi connectivity index (χ3n) is 1.99. The lowest BCUT2D eigenvalue weighted by Gasteiger charge is -2.26. The molecule has 0 radical (unpaired) electrons.